The average Bonchev–Trinajstić information content (AvgIpc) is 2.93. The van der Waals surface area contributed by atoms with E-state index in [-0.39, 0.29) is 23.7 Å². The Balaban J connectivity index is 1.53. The minimum atomic E-state index is -0.774. The van der Waals surface area contributed by atoms with Gasteiger partial charge in [-0.2, -0.15) is 0 Å². The number of aryl methyl sites for hydroxylation is 2. The maximum atomic E-state index is 12.4. The summed E-state index contributed by atoms with van der Waals surface area (Å²) in [5.41, 5.74) is 2.63. The number of para-hydroxylation sites is 1. The lowest BCUT2D eigenvalue weighted by molar-refractivity contribution is -0.154. The van der Waals surface area contributed by atoms with Crippen LogP contribution in [-0.4, -0.2) is 41.7 Å². The quantitative estimate of drug-likeness (QED) is 0.460. The summed E-state index contributed by atoms with van der Waals surface area (Å²) in [7, 11) is 0. The normalized spacial score (nSPS) is 20.9. The number of carbonyl (C=O) groups excluding carboxylic acids is 4. The predicted molar refractivity (Wildman–Crippen MR) is 102 cm³/mol. The molecule has 0 spiro atoms. The van der Waals surface area contributed by atoms with Crippen LogP contribution >= 0.6 is 0 Å². The summed E-state index contributed by atoms with van der Waals surface area (Å²) in [6.07, 6.45) is 5.55. The second-order valence-electron chi connectivity index (χ2n) is 7.09. The fraction of sp³-hybridized carbons (Fsp3) is 0.429. The largest absolute Gasteiger partial charge is 0.454 e. The van der Waals surface area contributed by atoms with Crippen molar-refractivity contribution in [2.45, 2.75) is 33.1 Å². The number of nitrogens with one attached hydrogen (secondary N) is 1. The van der Waals surface area contributed by atoms with Crippen LogP contribution in [0.3, 0.4) is 0 Å². The molecule has 1 fully saturated rings. The topological polar surface area (TPSA) is 92.8 Å². The highest BCUT2D eigenvalue weighted by atomic mass is 16.5. The van der Waals surface area contributed by atoms with Crippen LogP contribution in [0.25, 0.3) is 0 Å². The number of ether oxygens (including phenoxy) is 1. The van der Waals surface area contributed by atoms with Gasteiger partial charge in [-0.1, -0.05) is 37.3 Å². The van der Waals surface area contributed by atoms with Crippen LogP contribution in [0.4, 0.5) is 5.69 Å². The fourth-order valence-electron chi connectivity index (χ4n) is 3.72. The number of amides is 3. The van der Waals surface area contributed by atoms with E-state index in [4.69, 9.17) is 4.74 Å². The number of benzene rings is 1. The number of allylic oxidation sites excluding steroid dienone is 2. The van der Waals surface area contributed by atoms with Crippen molar-refractivity contribution in [2.75, 3.05) is 18.5 Å². The van der Waals surface area contributed by atoms with Crippen molar-refractivity contribution < 1.29 is 23.9 Å². The van der Waals surface area contributed by atoms with Gasteiger partial charge in [0.1, 0.15) is 6.54 Å². The number of likely N-dealkylation sites (tertiary alicyclic amines) is 1. The predicted octanol–water partition coefficient (Wildman–Crippen LogP) is 1.99. The highest BCUT2D eigenvalue weighted by molar-refractivity contribution is 6.07. The van der Waals surface area contributed by atoms with Crippen LogP contribution < -0.4 is 5.32 Å². The van der Waals surface area contributed by atoms with Gasteiger partial charge in [0.2, 0.25) is 11.8 Å². The van der Waals surface area contributed by atoms with Crippen LogP contribution in [0.15, 0.2) is 30.4 Å². The zero-order chi connectivity index (χ0) is 20.3. The third-order valence-electron chi connectivity index (χ3n) is 5.25. The summed E-state index contributed by atoms with van der Waals surface area (Å²) in [5.74, 6) is -2.69. The van der Waals surface area contributed by atoms with Gasteiger partial charge in [0.05, 0.1) is 11.8 Å². The van der Waals surface area contributed by atoms with Gasteiger partial charge in [-0.25, -0.2) is 0 Å². The first-order chi connectivity index (χ1) is 13.4. The number of fused-ring (bicyclic) bond motifs is 1. The molecule has 1 aromatic rings. The monoisotopic (exact) mass is 384 g/mol. The Bertz CT molecular complexity index is 819. The summed E-state index contributed by atoms with van der Waals surface area (Å²) in [5, 5.41) is 2.77. The van der Waals surface area contributed by atoms with Crippen molar-refractivity contribution >= 4 is 29.4 Å². The van der Waals surface area contributed by atoms with Gasteiger partial charge < -0.3 is 10.1 Å². The number of anilines is 1. The molecule has 148 valence electrons. The lowest BCUT2D eigenvalue weighted by Crippen LogP contribution is -2.37. The number of nitrogens with zero attached hydrogens (tertiary/aromatic N) is 1. The van der Waals surface area contributed by atoms with E-state index in [1.165, 1.54) is 0 Å². The molecule has 28 heavy (non-hydrogen) atoms. The molecule has 2 atom stereocenters. The molecule has 1 aliphatic heterocycles. The molecule has 1 aliphatic carbocycles. The molecule has 7 nitrogen and oxygen atoms in total. The minimum absolute atomic E-state index is 0.340. The maximum absolute atomic E-state index is 12.4. The van der Waals surface area contributed by atoms with E-state index in [0.717, 1.165) is 22.4 Å². The molecule has 0 radical (unpaired) electrons. The molecular formula is C21H24N2O5. The van der Waals surface area contributed by atoms with Gasteiger partial charge >= 0.3 is 5.97 Å². The molecule has 1 saturated heterocycles. The number of imide groups is 1. The Morgan fingerprint density at radius 2 is 1.79 bits per heavy atom. The van der Waals surface area contributed by atoms with Crippen LogP contribution in [-0.2, 0) is 30.3 Å². The van der Waals surface area contributed by atoms with Crippen molar-refractivity contribution in [3.8, 4) is 0 Å². The number of hydrogen-bond acceptors (Lipinski definition) is 5. The fourth-order valence-corrected chi connectivity index (χ4v) is 3.72. The van der Waals surface area contributed by atoms with Crippen molar-refractivity contribution in [3.05, 3.63) is 41.5 Å². The lowest BCUT2D eigenvalue weighted by atomic mass is 9.85. The van der Waals surface area contributed by atoms with Crippen molar-refractivity contribution in [3.63, 3.8) is 0 Å². The highest BCUT2D eigenvalue weighted by Crippen LogP contribution is 2.34. The average molecular weight is 384 g/mol. The third-order valence-corrected chi connectivity index (χ3v) is 5.25. The maximum Gasteiger partial charge on any atom is 0.326 e. The van der Waals surface area contributed by atoms with E-state index >= 15 is 0 Å². The summed E-state index contributed by atoms with van der Waals surface area (Å²) in [6, 6.07) is 5.73. The molecule has 0 unspecified atom stereocenters. The number of rotatable bonds is 6. The van der Waals surface area contributed by atoms with Crippen LogP contribution in [0.2, 0.25) is 0 Å². The minimum Gasteiger partial charge on any atom is -0.454 e. The summed E-state index contributed by atoms with van der Waals surface area (Å²) in [6.45, 7) is 2.95. The second-order valence-corrected chi connectivity index (χ2v) is 7.09. The second kappa shape index (κ2) is 8.37. The van der Waals surface area contributed by atoms with Gasteiger partial charge in [0.25, 0.3) is 5.91 Å². The number of carbonyl (C=O) groups is 4. The SMILES string of the molecule is CCc1cccc(C)c1NC(=O)COC(=O)CN1C(=O)[C@@H]2CC=CC[C@H]2C1=O. The first kappa shape index (κ1) is 19.8. The molecular weight excluding hydrogens is 360 g/mol. The van der Waals surface area contributed by atoms with E-state index in [2.05, 4.69) is 5.32 Å². The molecule has 0 bridgehead atoms. The first-order valence-corrected chi connectivity index (χ1v) is 9.46. The summed E-state index contributed by atoms with van der Waals surface area (Å²) >= 11 is 0. The van der Waals surface area contributed by atoms with E-state index in [0.29, 0.717) is 18.5 Å². The molecule has 3 amide bonds. The van der Waals surface area contributed by atoms with Gasteiger partial charge in [0.15, 0.2) is 6.61 Å². The van der Waals surface area contributed by atoms with Gasteiger partial charge in [-0.3, -0.25) is 24.1 Å². The Morgan fingerprint density at radius 3 is 2.39 bits per heavy atom. The van der Waals surface area contributed by atoms with Crippen LogP contribution in [0, 0.1) is 18.8 Å². The van der Waals surface area contributed by atoms with E-state index in [9.17, 15) is 19.2 Å². The van der Waals surface area contributed by atoms with Gasteiger partial charge in [-0.15, -0.1) is 0 Å². The summed E-state index contributed by atoms with van der Waals surface area (Å²) in [4.78, 5) is 49.9. The Hall–Kier alpha value is -2.96. The first-order valence-electron chi connectivity index (χ1n) is 9.46. The van der Waals surface area contributed by atoms with Crippen molar-refractivity contribution in [1.29, 1.82) is 0 Å². The Morgan fingerprint density at radius 1 is 1.14 bits per heavy atom. The Labute approximate surface area is 163 Å². The molecule has 1 N–H and O–H groups in total. The van der Waals surface area contributed by atoms with Crippen LogP contribution in [0.5, 0.6) is 0 Å². The summed E-state index contributed by atoms with van der Waals surface area (Å²) < 4.78 is 4.99. The third kappa shape index (κ3) is 3.98. The van der Waals surface area contributed by atoms with E-state index in [1.54, 1.807) is 0 Å². The number of esters is 1. The standard InChI is InChI=1S/C21H24N2O5/c1-3-14-8-6-7-13(2)19(14)22-17(24)12-28-18(25)11-23-20(26)15-9-4-5-10-16(15)21(23)27/h4-8,15-16H,3,9-12H2,1-2H3,(H,22,24)/t15-,16-/m1/s1. The van der Waals surface area contributed by atoms with Crippen molar-refractivity contribution in [2.24, 2.45) is 11.8 Å². The van der Waals surface area contributed by atoms with E-state index in [1.807, 2.05) is 44.2 Å². The number of hydrogen-bond donors (Lipinski definition) is 1. The van der Waals surface area contributed by atoms with Gasteiger partial charge in [0, 0.05) is 5.69 Å². The lowest BCUT2D eigenvalue weighted by Gasteiger charge is -2.15. The highest BCUT2D eigenvalue weighted by Gasteiger charge is 2.47. The van der Waals surface area contributed by atoms with Gasteiger partial charge in [-0.05, 0) is 37.3 Å². The zero-order valence-electron chi connectivity index (χ0n) is 16.1. The van der Waals surface area contributed by atoms with E-state index < -0.39 is 25.0 Å². The van der Waals surface area contributed by atoms with Crippen molar-refractivity contribution in [1.82, 2.24) is 4.90 Å². The zero-order valence-corrected chi connectivity index (χ0v) is 16.1. The van der Waals surface area contributed by atoms with Crippen LogP contribution in [0.1, 0.15) is 30.9 Å². The molecule has 2 aliphatic rings. The molecule has 0 aromatic heterocycles. The smallest absolute Gasteiger partial charge is 0.326 e. The molecule has 7 heteroatoms. The molecule has 1 heterocycles. The Kier molecular flexibility index (Phi) is 5.92. The molecule has 1 aromatic carbocycles. The molecule has 3 rings (SSSR count). The molecule has 0 saturated carbocycles.